The van der Waals surface area contributed by atoms with Gasteiger partial charge in [-0.3, -0.25) is 14.2 Å². The molecule has 4 rings (SSSR count). The van der Waals surface area contributed by atoms with E-state index in [4.69, 9.17) is 4.98 Å². The van der Waals surface area contributed by atoms with E-state index < -0.39 is 5.25 Å². The number of fused-ring (bicyclic) bond motifs is 3. The van der Waals surface area contributed by atoms with Crippen molar-refractivity contribution in [3.05, 3.63) is 69.3 Å². The molecule has 0 N–H and O–H groups in total. The maximum Gasteiger partial charge on any atom is 0.263 e. The Kier molecular flexibility index (Phi) is 6.34. The molecule has 2 aromatic heterocycles. The molecule has 31 heavy (non-hydrogen) atoms. The van der Waals surface area contributed by atoms with Crippen LogP contribution in [0.1, 0.15) is 34.6 Å². The Bertz CT molecular complexity index is 1180. The molecule has 162 valence electrons. The first kappa shape index (κ1) is 21.8. The van der Waals surface area contributed by atoms with Gasteiger partial charge in [-0.1, -0.05) is 55.1 Å². The van der Waals surface area contributed by atoms with Crippen molar-refractivity contribution in [3.63, 3.8) is 0 Å². The first-order valence-corrected chi connectivity index (χ1v) is 12.2. The van der Waals surface area contributed by atoms with Crippen LogP contribution in [0.2, 0.25) is 0 Å². The van der Waals surface area contributed by atoms with Gasteiger partial charge in [0.25, 0.3) is 5.56 Å². The fourth-order valence-electron chi connectivity index (χ4n) is 4.01. The first-order valence-electron chi connectivity index (χ1n) is 10.5. The van der Waals surface area contributed by atoms with E-state index in [9.17, 15) is 9.59 Å². The highest BCUT2D eigenvalue weighted by molar-refractivity contribution is 8.00. The minimum Gasteiger partial charge on any atom is -0.348 e. The molecular formula is C24H27N3O2S2. The van der Waals surface area contributed by atoms with Crippen LogP contribution in [0.5, 0.6) is 0 Å². The van der Waals surface area contributed by atoms with Crippen LogP contribution >= 0.6 is 23.1 Å². The zero-order valence-electron chi connectivity index (χ0n) is 18.1. The molecular weight excluding hydrogens is 426 g/mol. The number of rotatable bonds is 6. The van der Waals surface area contributed by atoms with Crippen LogP contribution in [0.25, 0.3) is 10.2 Å². The lowest BCUT2D eigenvalue weighted by Crippen LogP contribution is -2.28. The fraction of sp³-hybridized carbons (Fsp3) is 0.375. The lowest BCUT2D eigenvalue weighted by Gasteiger charge is -2.21. The Balaban J connectivity index is 1.85. The van der Waals surface area contributed by atoms with Crippen molar-refractivity contribution in [2.24, 2.45) is 5.92 Å². The van der Waals surface area contributed by atoms with E-state index in [-0.39, 0.29) is 11.5 Å². The topological polar surface area (TPSA) is 55.2 Å². The number of aryl methyl sites for hydroxylation is 1. The third kappa shape index (κ3) is 4.21. The van der Waals surface area contributed by atoms with Crippen LogP contribution in [0.15, 0.2) is 52.9 Å². The van der Waals surface area contributed by atoms with Gasteiger partial charge in [0.05, 0.1) is 5.39 Å². The van der Waals surface area contributed by atoms with Crippen molar-refractivity contribution in [3.8, 4) is 0 Å². The minimum atomic E-state index is -0.480. The van der Waals surface area contributed by atoms with E-state index in [1.165, 1.54) is 22.2 Å². The lowest BCUT2D eigenvalue weighted by molar-refractivity contribution is -0.128. The number of thiophene rings is 1. The number of carbonyl (C=O) groups excluding carboxylic acids is 1. The summed E-state index contributed by atoms with van der Waals surface area (Å²) in [5, 5.41) is 0.840. The van der Waals surface area contributed by atoms with Crippen molar-refractivity contribution in [2.45, 2.75) is 43.1 Å². The second-order valence-electron chi connectivity index (χ2n) is 8.27. The molecule has 1 aliphatic carbocycles. The number of hydrogen-bond donors (Lipinski definition) is 0. The average Bonchev–Trinajstić information content (AvgIpc) is 3.11. The Morgan fingerprint density at radius 3 is 2.81 bits per heavy atom. The number of nitrogens with zero attached hydrogens (tertiary/aromatic N) is 3. The zero-order chi connectivity index (χ0) is 22.1. The van der Waals surface area contributed by atoms with Gasteiger partial charge in [0.1, 0.15) is 10.1 Å². The van der Waals surface area contributed by atoms with E-state index in [0.29, 0.717) is 17.6 Å². The van der Waals surface area contributed by atoms with Gasteiger partial charge in [0.2, 0.25) is 5.91 Å². The number of hydrogen-bond acceptors (Lipinski definition) is 5. The van der Waals surface area contributed by atoms with E-state index in [1.807, 2.05) is 30.3 Å². The molecule has 0 fully saturated rings. The Hall–Kier alpha value is -2.38. The molecule has 0 aliphatic heterocycles. The summed E-state index contributed by atoms with van der Waals surface area (Å²) in [4.78, 5) is 35.2. The van der Waals surface area contributed by atoms with Gasteiger partial charge in [-0.15, -0.1) is 17.9 Å². The van der Waals surface area contributed by atoms with Crippen LogP contribution in [0.3, 0.4) is 0 Å². The maximum atomic E-state index is 13.5. The highest BCUT2D eigenvalue weighted by Crippen LogP contribution is 2.39. The van der Waals surface area contributed by atoms with Crippen LogP contribution in [-0.2, 0) is 24.2 Å². The SMILES string of the molecule is C=CCn1c(SC(C(=O)N(C)C)c2ccccc2)nc2sc3c(c2c1=O)CCC(C)C3. The van der Waals surface area contributed by atoms with Gasteiger partial charge in [0, 0.05) is 25.5 Å². The normalized spacial score (nSPS) is 16.7. The summed E-state index contributed by atoms with van der Waals surface area (Å²) < 4.78 is 1.67. The molecule has 2 heterocycles. The van der Waals surface area contributed by atoms with Gasteiger partial charge in [-0.25, -0.2) is 4.98 Å². The number of aromatic nitrogens is 2. The molecule has 1 aliphatic rings. The molecule has 3 aromatic rings. The van der Waals surface area contributed by atoms with Crippen molar-refractivity contribution >= 4 is 39.2 Å². The van der Waals surface area contributed by atoms with Crippen LogP contribution in [0, 0.1) is 5.92 Å². The van der Waals surface area contributed by atoms with E-state index >= 15 is 0 Å². The number of amides is 1. The third-order valence-corrected chi connectivity index (χ3v) is 8.06. The molecule has 7 heteroatoms. The number of thioether (sulfide) groups is 1. The Morgan fingerprint density at radius 2 is 2.13 bits per heavy atom. The molecule has 0 saturated heterocycles. The number of allylic oxidation sites excluding steroid dienone is 1. The van der Waals surface area contributed by atoms with Crippen LogP contribution in [0.4, 0.5) is 0 Å². The van der Waals surface area contributed by atoms with Crippen molar-refractivity contribution < 1.29 is 4.79 Å². The van der Waals surface area contributed by atoms with Gasteiger partial charge in [-0.05, 0) is 36.3 Å². The van der Waals surface area contributed by atoms with Crippen molar-refractivity contribution in [1.82, 2.24) is 14.5 Å². The molecule has 0 radical (unpaired) electrons. The summed E-state index contributed by atoms with van der Waals surface area (Å²) >= 11 is 2.98. The quantitative estimate of drug-likeness (QED) is 0.309. The maximum absolute atomic E-state index is 13.5. The first-order chi connectivity index (χ1) is 14.9. The van der Waals surface area contributed by atoms with Crippen LogP contribution < -0.4 is 5.56 Å². The number of carbonyl (C=O) groups is 1. The standard InChI is InChI=1S/C24H27N3O2S2/c1-5-13-27-22(28)19-17-12-11-15(2)14-18(17)30-21(19)25-24(27)31-20(23(29)26(3)4)16-9-7-6-8-10-16/h5-10,15,20H,1,11-14H2,2-4H3. The predicted molar refractivity (Wildman–Crippen MR) is 129 cm³/mol. The largest absolute Gasteiger partial charge is 0.348 e. The average molecular weight is 454 g/mol. The van der Waals surface area contributed by atoms with Crippen molar-refractivity contribution in [2.75, 3.05) is 14.1 Å². The van der Waals surface area contributed by atoms with Gasteiger partial charge in [0.15, 0.2) is 5.16 Å². The second-order valence-corrected chi connectivity index (χ2v) is 10.4. The molecule has 1 amide bonds. The van der Waals surface area contributed by atoms with Crippen molar-refractivity contribution in [1.29, 1.82) is 0 Å². The van der Waals surface area contributed by atoms with E-state index in [0.717, 1.165) is 35.0 Å². The molecule has 2 atom stereocenters. The Labute approximate surface area is 190 Å². The van der Waals surface area contributed by atoms with Crippen LogP contribution in [-0.4, -0.2) is 34.5 Å². The summed E-state index contributed by atoms with van der Waals surface area (Å²) in [5.74, 6) is 0.597. The van der Waals surface area contributed by atoms with E-state index in [1.54, 1.807) is 41.0 Å². The Morgan fingerprint density at radius 1 is 1.39 bits per heavy atom. The number of likely N-dealkylation sites (N-methyl/N-ethyl adjacent to an activating group) is 1. The highest BCUT2D eigenvalue weighted by atomic mass is 32.2. The van der Waals surface area contributed by atoms with Gasteiger partial charge < -0.3 is 4.90 Å². The molecule has 0 saturated carbocycles. The predicted octanol–water partition coefficient (Wildman–Crippen LogP) is 4.69. The zero-order valence-corrected chi connectivity index (χ0v) is 19.8. The summed E-state index contributed by atoms with van der Waals surface area (Å²) in [5.41, 5.74) is 2.04. The highest BCUT2D eigenvalue weighted by Gasteiger charge is 2.28. The lowest BCUT2D eigenvalue weighted by atomic mass is 9.89. The minimum absolute atomic E-state index is 0.0245. The molecule has 5 nitrogen and oxygen atoms in total. The summed E-state index contributed by atoms with van der Waals surface area (Å²) in [7, 11) is 3.50. The monoisotopic (exact) mass is 453 g/mol. The summed E-state index contributed by atoms with van der Waals surface area (Å²) in [6.07, 6.45) is 4.75. The smallest absolute Gasteiger partial charge is 0.263 e. The molecule has 0 spiro atoms. The number of benzene rings is 1. The fourth-order valence-corrected chi connectivity index (χ4v) is 6.69. The molecule has 2 unspecified atom stereocenters. The van der Waals surface area contributed by atoms with Gasteiger partial charge >= 0.3 is 0 Å². The van der Waals surface area contributed by atoms with E-state index in [2.05, 4.69) is 13.5 Å². The third-order valence-electron chi connectivity index (χ3n) is 5.68. The second kappa shape index (κ2) is 9.01. The summed E-state index contributed by atoms with van der Waals surface area (Å²) in [6, 6.07) is 9.67. The van der Waals surface area contributed by atoms with Gasteiger partial charge in [-0.2, -0.15) is 0 Å². The molecule has 1 aromatic carbocycles. The summed E-state index contributed by atoms with van der Waals surface area (Å²) in [6.45, 7) is 6.46. The molecule has 0 bridgehead atoms.